The predicted molar refractivity (Wildman–Crippen MR) is 61.9 cm³/mol. The summed E-state index contributed by atoms with van der Waals surface area (Å²) in [4.78, 5) is 11.1. The topological polar surface area (TPSA) is 58.6 Å². The number of amides is 1. The lowest BCUT2D eigenvalue weighted by Gasteiger charge is -2.20. The zero-order valence-electron chi connectivity index (χ0n) is 9.48. The van der Waals surface area contributed by atoms with Crippen LogP contribution >= 0.6 is 0 Å². The first-order valence-corrected chi connectivity index (χ1v) is 5.91. The van der Waals surface area contributed by atoms with Gasteiger partial charge in [-0.1, -0.05) is 12.1 Å². The fourth-order valence-corrected chi connectivity index (χ4v) is 2.89. The summed E-state index contributed by atoms with van der Waals surface area (Å²) in [7, 11) is 0. The van der Waals surface area contributed by atoms with Gasteiger partial charge in [0.2, 0.25) is 0 Å². The Bertz CT molecular complexity index is 442. The van der Waals surface area contributed by atoms with Crippen LogP contribution in [0.1, 0.15) is 30.7 Å². The van der Waals surface area contributed by atoms with Crippen LogP contribution in [0.3, 0.4) is 0 Å². The van der Waals surface area contributed by atoms with Gasteiger partial charge in [-0.2, -0.15) is 0 Å². The maximum Gasteiger partial charge on any atom is 0.407 e. The summed E-state index contributed by atoms with van der Waals surface area (Å²) < 4.78 is 5.00. The fraction of sp³-hybridized carbons (Fsp3) is 0.462. The van der Waals surface area contributed by atoms with Gasteiger partial charge in [-0.3, -0.25) is 0 Å². The number of hydrogen-bond acceptors (Lipinski definition) is 3. The van der Waals surface area contributed by atoms with Crippen LogP contribution in [-0.4, -0.2) is 23.3 Å². The number of carbonyl (C=O) groups excluding carboxylic acids is 1. The van der Waals surface area contributed by atoms with Crippen LogP contribution in [0.2, 0.25) is 0 Å². The fourth-order valence-electron chi connectivity index (χ4n) is 2.89. The molecule has 1 aliphatic carbocycles. The summed E-state index contributed by atoms with van der Waals surface area (Å²) in [5.41, 5.74) is 1.07. The molecule has 0 bridgehead atoms. The molecule has 4 heteroatoms. The smallest absolute Gasteiger partial charge is 0.407 e. The van der Waals surface area contributed by atoms with Crippen LogP contribution in [0.4, 0.5) is 4.79 Å². The van der Waals surface area contributed by atoms with Gasteiger partial charge in [0.15, 0.2) is 0 Å². The van der Waals surface area contributed by atoms with Gasteiger partial charge in [0.1, 0.15) is 12.4 Å². The predicted octanol–water partition coefficient (Wildman–Crippen LogP) is 2.14. The summed E-state index contributed by atoms with van der Waals surface area (Å²) >= 11 is 0. The molecule has 1 aromatic carbocycles. The van der Waals surface area contributed by atoms with E-state index in [2.05, 4.69) is 5.32 Å². The lowest BCUT2D eigenvalue weighted by atomic mass is 9.93. The van der Waals surface area contributed by atoms with Crippen LogP contribution < -0.4 is 5.32 Å². The number of cyclic esters (lactones) is 1. The molecule has 1 aromatic rings. The largest absolute Gasteiger partial charge is 0.508 e. The van der Waals surface area contributed by atoms with Crippen LogP contribution in [0.15, 0.2) is 24.3 Å². The maximum atomic E-state index is 11.1. The molecule has 1 aliphatic heterocycles. The number of carbonyl (C=O) groups is 1. The average molecular weight is 233 g/mol. The number of aromatic hydroxyl groups is 1. The molecule has 2 N–H and O–H groups in total. The Hall–Kier alpha value is -1.71. The standard InChI is InChI=1S/C13H15NO3/c15-11-3-1-9(2-4-11)10-5-6-13(7-10)8-17-12(16)14-13/h1-4,10,15H,5-8H2,(H,14,16)/t10-,13?/m1/s1. The number of benzene rings is 1. The van der Waals surface area contributed by atoms with Crippen molar-refractivity contribution in [1.29, 1.82) is 0 Å². The van der Waals surface area contributed by atoms with Gasteiger partial charge >= 0.3 is 6.09 Å². The number of alkyl carbamates (subject to hydrolysis) is 1. The second-order valence-electron chi connectivity index (χ2n) is 5.01. The first-order valence-electron chi connectivity index (χ1n) is 5.91. The third-order valence-electron chi connectivity index (χ3n) is 3.82. The van der Waals surface area contributed by atoms with Crippen molar-refractivity contribution in [3.8, 4) is 5.75 Å². The average Bonchev–Trinajstić information content (AvgIpc) is 2.88. The molecule has 90 valence electrons. The van der Waals surface area contributed by atoms with Gasteiger partial charge in [-0.05, 0) is 42.9 Å². The zero-order valence-corrected chi connectivity index (χ0v) is 9.48. The van der Waals surface area contributed by atoms with Gasteiger partial charge in [0.05, 0.1) is 5.54 Å². The van der Waals surface area contributed by atoms with E-state index in [0.29, 0.717) is 18.3 Å². The van der Waals surface area contributed by atoms with Crippen molar-refractivity contribution in [3.63, 3.8) is 0 Å². The first-order chi connectivity index (χ1) is 8.17. The van der Waals surface area contributed by atoms with E-state index < -0.39 is 0 Å². The number of phenols is 1. The Kier molecular flexibility index (Phi) is 2.24. The minimum absolute atomic E-state index is 0.153. The van der Waals surface area contributed by atoms with Crippen molar-refractivity contribution in [2.45, 2.75) is 30.7 Å². The van der Waals surface area contributed by atoms with E-state index in [0.717, 1.165) is 19.3 Å². The molecule has 1 saturated carbocycles. The normalized spacial score (nSPS) is 31.5. The summed E-state index contributed by atoms with van der Waals surface area (Å²) in [5, 5.41) is 12.2. The maximum absolute atomic E-state index is 11.1. The molecule has 1 spiro atoms. The molecule has 2 atom stereocenters. The highest BCUT2D eigenvalue weighted by Gasteiger charge is 2.45. The molecule has 1 saturated heterocycles. The van der Waals surface area contributed by atoms with E-state index in [1.165, 1.54) is 5.56 Å². The SMILES string of the molecule is O=C1NC2(CC[C@@H](c3ccc(O)cc3)C2)CO1. The van der Waals surface area contributed by atoms with Gasteiger partial charge in [-0.15, -0.1) is 0 Å². The Labute approximate surface area is 99.6 Å². The van der Waals surface area contributed by atoms with Crippen molar-refractivity contribution in [2.24, 2.45) is 0 Å². The third kappa shape index (κ3) is 1.84. The number of rotatable bonds is 1. The minimum atomic E-state index is -0.295. The van der Waals surface area contributed by atoms with E-state index in [1.807, 2.05) is 12.1 Å². The zero-order chi connectivity index (χ0) is 11.9. The van der Waals surface area contributed by atoms with Gasteiger partial charge in [0, 0.05) is 0 Å². The van der Waals surface area contributed by atoms with E-state index in [9.17, 15) is 9.90 Å². The molecule has 4 nitrogen and oxygen atoms in total. The Morgan fingerprint density at radius 2 is 2.12 bits per heavy atom. The van der Waals surface area contributed by atoms with Gasteiger partial charge in [-0.25, -0.2) is 4.79 Å². The molecule has 2 fully saturated rings. The summed E-state index contributed by atoms with van der Waals surface area (Å²) in [6.07, 6.45) is 2.64. The van der Waals surface area contributed by atoms with E-state index in [1.54, 1.807) is 12.1 Å². The van der Waals surface area contributed by atoms with Crippen molar-refractivity contribution in [2.75, 3.05) is 6.61 Å². The number of nitrogens with one attached hydrogen (secondary N) is 1. The van der Waals surface area contributed by atoms with Crippen molar-refractivity contribution in [1.82, 2.24) is 5.32 Å². The molecule has 17 heavy (non-hydrogen) atoms. The molecule has 1 heterocycles. The lowest BCUT2D eigenvalue weighted by Crippen LogP contribution is -2.40. The van der Waals surface area contributed by atoms with Crippen molar-refractivity contribution >= 4 is 6.09 Å². The summed E-state index contributed by atoms with van der Waals surface area (Å²) in [6, 6.07) is 7.33. The van der Waals surface area contributed by atoms with Crippen LogP contribution in [0.25, 0.3) is 0 Å². The summed E-state index contributed by atoms with van der Waals surface area (Å²) in [5.74, 6) is 0.733. The van der Waals surface area contributed by atoms with Crippen LogP contribution in [0.5, 0.6) is 5.75 Å². The molecule has 1 amide bonds. The van der Waals surface area contributed by atoms with E-state index in [-0.39, 0.29) is 11.6 Å². The number of hydrogen-bond donors (Lipinski definition) is 2. The van der Waals surface area contributed by atoms with Crippen molar-refractivity contribution < 1.29 is 14.6 Å². The highest BCUT2D eigenvalue weighted by molar-refractivity contribution is 5.70. The summed E-state index contributed by atoms with van der Waals surface area (Å²) in [6.45, 7) is 0.487. The van der Waals surface area contributed by atoms with Crippen molar-refractivity contribution in [3.05, 3.63) is 29.8 Å². The lowest BCUT2D eigenvalue weighted by molar-refractivity contribution is 0.172. The highest BCUT2D eigenvalue weighted by atomic mass is 16.6. The Balaban J connectivity index is 1.76. The molecule has 0 radical (unpaired) electrons. The monoisotopic (exact) mass is 233 g/mol. The van der Waals surface area contributed by atoms with Gasteiger partial charge < -0.3 is 15.2 Å². The molecule has 0 aromatic heterocycles. The molecule has 2 aliphatic rings. The quantitative estimate of drug-likeness (QED) is 0.781. The minimum Gasteiger partial charge on any atom is -0.508 e. The van der Waals surface area contributed by atoms with E-state index >= 15 is 0 Å². The first kappa shape index (κ1) is 10.4. The third-order valence-corrected chi connectivity index (χ3v) is 3.82. The molecule has 3 rings (SSSR count). The van der Waals surface area contributed by atoms with Crippen LogP contribution in [-0.2, 0) is 4.74 Å². The van der Waals surface area contributed by atoms with E-state index in [4.69, 9.17) is 4.74 Å². The molecular formula is C13H15NO3. The molecular weight excluding hydrogens is 218 g/mol. The van der Waals surface area contributed by atoms with Crippen LogP contribution in [0, 0.1) is 0 Å². The Morgan fingerprint density at radius 1 is 1.35 bits per heavy atom. The van der Waals surface area contributed by atoms with Gasteiger partial charge in [0.25, 0.3) is 0 Å². The highest BCUT2D eigenvalue weighted by Crippen LogP contribution is 2.42. The second kappa shape index (κ2) is 3.65. The number of ether oxygens (including phenoxy) is 1. The second-order valence-corrected chi connectivity index (χ2v) is 5.01. The molecule has 1 unspecified atom stereocenters. The Morgan fingerprint density at radius 3 is 2.76 bits per heavy atom. The number of phenolic OH excluding ortho intramolecular Hbond substituents is 1.